The Labute approximate surface area is 105 Å². The van der Waals surface area contributed by atoms with E-state index < -0.39 is 5.97 Å². The molecule has 4 nitrogen and oxygen atoms in total. The van der Waals surface area contributed by atoms with Crippen LogP contribution in [0.25, 0.3) is 10.9 Å². The van der Waals surface area contributed by atoms with Crippen LogP contribution in [-0.4, -0.2) is 23.2 Å². The first-order chi connectivity index (χ1) is 8.67. The van der Waals surface area contributed by atoms with Crippen molar-refractivity contribution in [3.05, 3.63) is 35.5 Å². The molecule has 1 heterocycles. The second-order valence-electron chi connectivity index (χ2n) is 4.07. The summed E-state index contributed by atoms with van der Waals surface area (Å²) in [5.74, 6) is -0.347. The van der Waals surface area contributed by atoms with Crippen LogP contribution in [0.4, 0.5) is 0 Å². The Bertz CT molecular complexity index is 593. The fraction of sp³-hybridized carbons (Fsp3) is 0.286. The van der Waals surface area contributed by atoms with Crippen molar-refractivity contribution in [3.8, 4) is 5.75 Å². The molecular formula is C14H15NO3. The number of carbonyl (C=O) groups is 1. The van der Waals surface area contributed by atoms with Crippen LogP contribution < -0.4 is 4.74 Å². The second-order valence-corrected chi connectivity index (χ2v) is 4.07. The molecule has 0 radical (unpaired) electrons. The molecule has 0 amide bonds. The van der Waals surface area contributed by atoms with E-state index in [2.05, 4.69) is 11.9 Å². The average Bonchev–Trinajstić information content (AvgIpc) is 2.37. The quantitative estimate of drug-likeness (QED) is 0.899. The molecule has 1 aromatic carbocycles. The van der Waals surface area contributed by atoms with Crippen molar-refractivity contribution in [2.45, 2.75) is 19.8 Å². The number of aromatic nitrogens is 1. The Kier molecular flexibility index (Phi) is 3.46. The number of methoxy groups -OCH3 is 1. The van der Waals surface area contributed by atoms with Gasteiger partial charge in [0.2, 0.25) is 0 Å². The molecule has 1 N–H and O–H groups in total. The molecule has 0 bridgehead atoms. The zero-order valence-electron chi connectivity index (χ0n) is 10.4. The van der Waals surface area contributed by atoms with Gasteiger partial charge in [0.05, 0.1) is 12.7 Å². The Morgan fingerprint density at radius 1 is 1.33 bits per heavy atom. The lowest BCUT2D eigenvalue weighted by Crippen LogP contribution is -2.01. The number of benzene rings is 1. The summed E-state index contributed by atoms with van der Waals surface area (Å²) in [5.41, 5.74) is 1.82. The zero-order valence-corrected chi connectivity index (χ0v) is 10.4. The number of hydrogen-bond donors (Lipinski definition) is 1. The van der Waals surface area contributed by atoms with Crippen molar-refractivity contribution in [2.75, 3.05) is 7.11 Å². The van der Waals surface area contributed by atoms with E-state index >= 15 is 0 Å². The maximum Gasteiger partial charge on any atom is 0.336 e. The van der Waals surface area contributed by atoms with E-state index in [0.717, 1.165) is 18.5 Å². The monoisotopic (exact) mass is 245 g/mol. The van der Waals surface area contributed by atoms with Gasteiger partial charge in [-0.1, -0.05) is 13.3 Å². The largest absolute Gasteiger partial charge is 0.494 e. The summed E-state index contributed by atoms with van der Waals surface area (Å²) in [5, 5.41) is 9.76. The lowest BCUT2D eigenvalue weighted by atomic mass is 10.1. The summed E-state index contributed by atoms with van der Waals surface area (Å²) in [6, 6.07) is 6.87. The van der Waals surface area contributed by atoms with Gasteiger partial charge in [0.25, 0.3) is 0 Å². The van der Waals surface area contributed by atoms with E-state index in [1.165, 1.54) is 0 Å². The third-order valence-corrected chi connectivity index (χ3v) is 2.83. The van der Waals surface area contributed by atoms with Crippen molar-refractivity contribution in [2.24, 2.45) is 0 Å². The summed E-state index contributed by atoms with van der Waals surface area (Å²) in [6.45, 7) is 2.08. The number of aryl methyl sites for hydroxylation is 1. The van der Waals surface area contributed by atoms with Gasteiger partial charge in [-0.05, 0) is 30.7 Å². The van der Waals surface area contributed by atoms with Gasteiger partial charge in [0.1, 0.15) is 11.3 Å². The highest BCUT2D eigenvalue weighted by atomic mass is 16.5. The molecular weight excluding hydrogens is 230 g/mol. The van der Waals surface area contributed by atoms with Crippen LogP contribution in [0.15, 0.2) is 24.3 Å². The van der Waals surface area contributed by atoms with Gasteiger partial charge in [-0.3, -0.25) is 0 Å². The number of fused-ring (bicyclic) bond motifs is 1. The molecule has 0 aliphatic heterocycles. The number of ether oxygens (including phenoxy) is 1. The molecule has 0 atom stereocenters. The number of rotatable bonds is 4. The van der Waals surface area contributed by atoms with Crippen LogP contribution in [0.3, 0.4) is 0 Å². The van der Waals surface area contributed by atoms with Crippen LogP contribution in [0.2, 0.25) is 0 Å². The minimum absolute atomic E-state index is 0.251. The van der Waals surface area contributed by atoms with E-state index in [1.807, 2.05) is 6.07 Å². The molecule has 0 unspecified atom stereocenters. The molecule has 0 saturated heterocycles. The smallest absolute Gasteiger partial charge is 0.336 e. The third-order valence-electron chi connectivity index (χ3n) is 2.83. The molecule has 0 spiro atoms. The SMILES string of the molecule is CCCc1ccc2c(C(=O)O)ccc(OC)c2n1. The molecule has 0 aliphatic rings. The predicted octanol–water partition coefficient (Wildman–Crippen LogP) is 2.89. The van der Waals surface area contributed by atoms with Gasteiger partial charge in [-0.25, -0.2) is 9.78 Å². The molecule has 0 fully saturated rings. The summed E-state index contributed by atoms with van der Waals surface area (Å²) in [4.78, 5) is 15.6. The average molecular weight is 245 g/mol. The zero-order chi connectivity index (χ0) is 13.1. The molecule has 0 aliphatic carbocycles. The number of aromatic carboxylic acids is 1. The van der Waals surface area contributed by atoms with Crippen molar-refractivity contribution < 1.29 is 14.6 Å². The number of nitrogens with zero attached hydrogens (tertiary/aromatic N) is 1. The second kappa shape index (κ2) is 5.04. The minimum atomic E-state index is -0.951. The van der Waals surface area contributed by atoms with E-state index in [0.29, 0.717) is 16.7 Å². The predicted molar refractivity (Wildman–Crippen MR) is 69.2 cm³/mol. The van der Waals surface area contributed by atoms with Crippen LogP contribution in [0, 0.1) is 0 Å². The third kappa shape index (κ3) is 2.14. The van der Waals surface area contributed by atoms with Gasteiger partial charge in [0, 0.05) is 11.1 Å². The standard InChI is InChI=1S/C14H15NO3/c1-3-4-9-5-6-10-11(14(16)17)7-8-12(18-2)13(10)15-9/h5-8H,3-4H2,1-2H3,(H,16,17). The van der Waals surface area contributed by atoms with E-state index in [-0.39, 0.29) is 5.56 Å². The molecule has 4 heteroatoms. The highest BCUT2D eigenvalue weighted by Gasteiger charge is 2.13. The van der Waals surface area contributed by atoms with Gasteiger partial charge in [-0.2, -0.15) is 0 Å². The van der Waals surface area contributed by atoms with Crippen molar-refractivity contribution >= 4 is 16.9 Å². The Morgan fingerprint density at radius 2 is 2.11 bits per heavy atom. The van der Waals surface area contributed by atoms with E-state index in [4.69, 9.17) is 9.84 Å². The van der Waals surface area contributed by atoms with Crippen LogP contribution in [0.1, 0.15) is 29.4 Å². The van der Waals surface area contributed by atoms with E-state index in [9.17, 15) is 4.79 Å². The number of carboxylic acid groups (broad SMARTS) is 1. The maximum atomic E-state index is 11.2. The van der Waals surface area contributed by atoms with Crippen molar-refractivity contribution in [1.29, 1.82) is 0 Å². The lowest BCUT2D eigenvalue weighted by molar-refractivity contribution is 0.0699. The first kappa shape index (κ1) is 12.4. The van der Waals surface area contributed by atoms with Gasteiger partial charge in [0.15, 0.2) is 0 Å². The number of hydrogen-bond acceptors (Lipinski definition) is 3. The van der Waals surface area contributed by atoms with Crippen LogP contribution in [-0.2, 0) is 6.42 Å². The summed E-state index contributed by atoms with van der Waals surface area (Å²) in [6.07, 6.45) is 1.87. The molecule has 2 rings (SSSR count). The van der Waals surface area contributed by atoms with Gasteiger partial charge >= 0.3 is 5.97 Å². The fourth-order valence-corrected chi connectivity index (χ4v) is 1.98. The Balaban J connectivity index is 2.70. The molecule has 1 aromatic heterocycles. The molecule has 0 saturated carbocycles. The minimum Gasteiger partial charge on any atom is -0.494 e. The first-order valence-electron chi connectivity index (χ1n) is 5.87. The number of carboxylic acids is 1. The van der Waals surface area contributed by atoms with E-state index in [1.54, 1.807) is 25.3 Å². The van der Waals surface area contributed by atoms with Crippen LogP contribution in [0.5, 0.6) is 5.75 Å². The maximum absolute atomic E-state index is 11.2. The Hall–Kier alpha value is -2.10. The topological polar surface area (TPSA) is 59.4 Å². The normalized spacial score (nSPS) is 10.6. The van der Waals surface area contributed by atoms with Crippen LogP contribution >= 0.6 is 0 Å². The highest BCUT2D eigenvalue weighted by molar-refractivity contribution is 6.04. The number of pyridine rings is 1. The summed E-state index contributed by atoms with van der Waals surface area (Å²) in [7, 11) is 1.56. The van der Waals surface area contributed by atoms with Crippen molar-refractivity contribution in [3.63, 3.8) is 0 Å². The molecule has 2 aromatic rings. The van der Waals surface area contributed by atoms with Gasteiger partial charge in [-0.15, -0.1) is 0 Å². The van der Waals surface area contributed by atoms with Gasteiger partial charge < -0.3 is 9.84 Å². The summed E-state index contributed by atoms with van der Waals surface area (Å²) < 4.78 is 5.24. The first-order valence-corrected chi connectivity index (χ1v) is 5.87. The summed E-state index contributed by atoms with van der Waals surface area (Å²) >= 11 is 0. The fourth-order valence-electron chi connectivity index (χ4n) is 1.98. The Morgan fingerprint density at radius 3 is 2.72 bits per heavy atom. The lowest BCUT2D eigenvalue weighted by Gasteiger charge is -2.08. The van der Waals surface area contributed by atoms with Crippen molar-refractivity contribution in [1.82, 2.24) is 4.98 Å². The molecule has 18 heavy (non-hydrogen) atoms. The highest BCUT2D eigenvalue weighted by Crippen LogP contribution is 2.27. The molecule has 94 valence electrons.